The first-order valence-electron chi connectivity index (χ1n) is 7.07. The largest absolute Gasteiger partial charge is 0.465 e. The average molecular weight is 311 g/mol. The van der Waals surface area contributed by atoms with E-state index in [1.165, 1.54) is 7.11 Å². The van der Waals surface area contributed by atoms with Crippen LogP contribution in [-0.2, 0) is 20.5 Å². The lowest BCUT2D eigenvalue weighted by atomic mass is 10.1. The molecule has 0 amide bonds. The zero-order valence-corrected chi connectivity index (χ0v) is 13.2. The number of carbonyl (C=O) groups excluding carboxylic acids is 1. The molecule has 0 radical (unpaired) electrons. The van der Waals surface area contributed by atoms with Gasteiger partial charge in [0.15, 0.2) is 0 Å². The van der Waals surface area contributed by atoms with Crippen molar-refractivity contribution in [3.05, 3.63) is 35.4 Å². The van der Waals surface area contributed by atoms with E-state index in [0.717, 1.165) is 19.3 Å². The summed E-state index contributed by atoms with van der Waals surface area (Å²) < 4.78 is 31.6. The van der Waals surface area contributed by atoms with Crippen LogP contribution in [-0.4, -0.2) is 27.5 Å². The Morgan fingerprint density at radius 3 is 2.48 bits per heavy atom. The lowest BCUT2D eigenvalue weighted by molar-refractivity contribution is 0.0600. The number of esters is 1. The van der Waals surface area contributed by atoms with Gasteiger partial charge < -0.3 is 4.74 Å². The summed E-state index contributed by atoms with van der Waals surface area (Å²) >= 11 is 0. The maximum Gasteiger partial charge on any atom is 0.337 e. The van der Waals surface area contributed by atoms with Gasteiger partial charge in [-0.15, -0.1) is 0 Å². The van der Waals surface area contributed by atoms with Gasteiger partial charge >= 0.3 is 5.97 Å². The van der Waals surface area contributed by atoms with Crippen molar-refractivity contribution in [1.29, 1.82) is 0 Å². The molecule has 0 spiro atoms. The topological polar surface area (TPSA) is 72.5 Å². The third-order valence-electron chi connectivity index (χ3n) is 3.77. The molecule has 0 saturated heterocycles. The first-order chi connectivity index (χ1) is 9.89. The third-order valence-corrected chi connectivity index (χ3v) is 5.18. The van der Waals surface area contributed by atoms with E-state index in [1.807, 2.05) is 0 Å². The van der Waals surface area contributed by atoms with Crippen LogP contribution < -0.4 is 4.72 Å². The fraction of sp³-hybridized carbons (Fsp3) is 0.533. The number of hydrogen-bond acceptors (Lipinski definition) is 4. The average Bonchev–Trinajstić information content (AvgIpc) is 2.82. The fourth-order valence-corrected chi connectivity index (χ4v) is 4.12. The van der Waals surface area contributed by atoms with Crippen LogP contribution in [0.15, 0.2) is 24.3 Å². The molecule has 0 bridgehead atoms. The minimum atomic E-state index is -3.35. The number of rotatable bonds is 5. The number of carbonyl (C=O) groups is 1. The Kier molecular flexibility index (Phi) is 5.00. The highest BCUT2D eigenvalue weighted by Gasteiger charge is 2.25. The van der Waals surface area contributed by atoms with Crippen molar-refractivity contribution >= 4 is 16.0 Å². The highest BCUT2D eigenvalue weighted by molar-refractivity contribution is 7.88. The van der Waals surface area contributed by atoms with Gasteiger partial charge in [0, 0.05) is 6.04 Å². The molecule has 2 atom stereocenters. The second kappa shape index (κ2) is 6.58. The molecule has 1 N–H and O–H groups in total. The van der Waals surface area contributed by atoms with Crippen LogP contribution in [0, 0.1) is 5.92 Å². The van der Waals surface area contributed by atoms with Crippen molar-refractivity contribution in [2.75, 3.05) is 7.11 Å². The van der Waals surface area contributed by atoms with E-state index >= 15 is 0 Å². The molecule has 116 valence electrons. The Balaban J connectivity index is 1.98. The molecular weight excluding hydrogens is 290 g/mol. The predicted molar refractivity (Wildman–Crippen MR) is 80.3 cm³/mol. The Labute approximate surface area is 125 Å². The first kappa shape index (κ1) is 16.0. The van der Waals surface area contributed by atoms with Crippen LogP contribution in [0.4, 0.5) is 0 Å². The number of benzene rings is 1. The Hall–Kier alpha value is -1.40. The van der Waals surface area contributed by atoms with Crippen LogP contribution >= 0.6 is 0 Å². The molecule has 5 nitrogen and oxygen atoms in total. The summed E-state index contributed by atoms with van der Waals surface area (Å²) in [7, 11) is -2.03. The van der Waals surface area contributed by atoms with Gasteiger partial charge in [0.2, 0.25) is 10.0 Å². The molecule has 21 heavy (non-hydrogen) atoms. The molecule has 1 aromatic rings. The van der Waals surface area contributed by atoms with Crippen molar-refractivity contribution < 1.29 is 17.9 Å². The van der Waals surface area contributed by atoms with Crippen LogP contribution in [0.3, 0.4) is 0 Å². The summed E-state index contributed by atoms with van der Waals surface area (Å²) in [6.07, 6.45) is 2.88. The molecule has 1 aromatic carbocycles. The van der Waals surface area contributed by atoms with Crippen molar-refractivity contribution in [1.82, 2.24) is 4.72 Å². The van der Waals surface area contributed by atoms with E-state index in [1.54, 1.807) is 24.3 Å². The van der Waals surface area contributed by atoms with E-state index in [9.17, 15) is 13.2 Å². The SMILES string of the molecule is COC(=O)c1ccc(CS(=O)(=O)NC2CCC(C)C2)cc1. The lowest BCUT2D eigenvalue weighted by Gasteiger charge is -2.13. The minimum absolute atomic E-state index is 0.0549. The molecule has 6 heteroatoms. The van der Waals surface area contributed by atoms with Gasteiger partial charge in [-0.25, -0.2) is 17.9 Å². The molecule has 1 aliphatic rings. The molecule has 2 unspecified atom stereocenters. The van der Waals surface area contributed by atoms with Crippen molar-refractivity contribution in [2.45, 2.75) is 38.0 Å². The van der Waals surface area contributed by atoms with E-state index < -0.39 is 16.0 Å². The maximum atomic E-state index is 12.1. The third kappa shape index (κ3) is 4.54. The zero-order valence-electron chi connectivity index (χ0n) is 12.3. The van der Waals surface area contributed by atoms with E-state index in [-0.39, 0.29) is 11.8 Å². The predicted octanol–water partition coefficient (Wildman–Crippen LogP) is 2.08. The zero-order chi connectivity index (χ0) is 15.5. The highest BCUT2D eigenvalue weighted by atomic mass is 32.2. The molecular formula is C15H21NO4S. The Morgan fingerprint density at radius 1 is 1.29 bits per heavy atom. The summed E-state index contributed by atoms with van der Waals surface area (Å²) in [6.45, 7) is 2.14. The van der Waals surface area contributed by atoms with E-state index in [0.29, 0.717) is 17.0 Å². The van der Waals surface area contributed by atoms with Gasteiger partial charge in [-0.05, 0) is 42.9 Å². The maximum absolute atomic E-state index is 12.1. The summed E-state index contributed by atoms with van der Waals surface area (Å²) in [5, 5.41) is 0. The number of hydrogen-bond donors (Lipinski definition) is 1. The van der Waals surface area contributed by atoms with E-state index in [2.05, 4.69) is 16.4 Å². The van der Waals surface area contributed by atoms with Crippen LogP contribution in [0.2, 0.25) is 0 Å². The summed E-state index contributed by atoms with van der Waals surface area (Å²) in [4.78, 5) is 11.3. The summed E-state index contributed by atoms with van der Waals surface area (Å²) in [5.41, 5.74) is 1.07. The molecule has 1 saturated carbocycles. The second-order valence-electron chi connectivity index (χ2n) is 5.68. The van der Waals surface area contributed by atoms with Gasteiger partial charge in [-0.2, -0.15) is 0 Å². The molecule has 0 heterocycles. The van der Waals surface area contributed by atoms with Crippen molar-refractivity contribution in [2.24, 2.45) is 5.92 Å². The Morgan fingerprint density at radius 2 is 1.95 bits per heavy atom. The van der Waals surface area contributed by atoms with Crippen LogP contribution in [0.25, 0.3) is 0 Å². The number of nitrogens with one attached hydrogen (secondary N) is 1. The monoisotopic (exact) mass is 311 g/mol. The van der Waals surface area contributed by atoms with Gasteiger partial charge in [0.25, 0.3) is 0 Å². The van der Waals surface area contributed by atoms with Gasteiger partial charge in [0.05, 0.1) is 18.4 Å². The molecule has 2 rings (SSSR count). The van der Waals surface area contributed by atoms with Crippen LogP contribution in [0.1, 0.15) is 42.1 Å². The first-order valence-corrected chi connectivity index (χ1v) is 8.72. The fourth-order valence-electron chi connectivity index (χ4n) is 2.68. The van der Waals surface area contributed by atoms with Crippen LogP contribution in [0.5, 0.6) is 0 Å². The number of sulfonamides is 1. The smallest absolute Gasteiger partial charge is 0.337 e. The molecule has 1 fully saturated rings. The number of methoxy groups -OCH3 is 1. The summed E-state index contributed by atoms with van der Waals surface area (Å²) in [5.74, 6) is 0.0822. The highest BCUT2D eigenvalue weighted by Crippen LogP contribution is 2.25. The lowest BCUT2D eigenvalue weighted by Crippen LogP contribution is -2.33. The Bertz CT molecular complexity index is 595. The standard InChI is InChI=1S/C15H21NO4S/c1-11-3-8-14(9-11)16-21(18,19)10-12-4-6-13(7-5-12)15(17)20-2/h4-7,11,14,16H,3,8-10H2,1-2H3. The molecule has 1 aliphatic carbocycles. The van der Waals surface area contributed by atoms with Crippen molar-refractivity contribution in [3.8, 4) is 0 Å². The van der Waals surface area contributed by atoms with Gasteiger partial charge in [-0.3, -0.25) is 0 Å². The quantitative estimate of drug-likeness (QED) is 0.845. The normalized spacial score (nSPS) is 22.2. The minimum Gasteiger partial charge on any atom is -0.465 e. The molecule has 0 aromatic heterocycles. The number of ether oxygens (including phenoxy) is 1. The van der Waals surface area contributed by atoms with Crippen molar-refractivity contribution in [3.63, 3.8) is 0 Å². The van der Waals surface area contributed by atoms with Gasteiger partial charge in [0.1, 0.15) is 0 Å². The van der Waals surface area contributed by atoms with Gasteiger partial charge in [-0.1, -0.05) is 19.1 Å². The second-order valence-corrected chi connectivity index (χ2v) is 7.43. The van der Waals surface area contributed by atoms with E-state index in [4.69, 9.17) is 0 Å². The summed E-state index contributed by atoms with van der Waals surface area (Å²) in [6, 6.07) is 6.49. The molecule has 0 aliphatic heterocycles.